The molecule has 26 heteroatoms. The number of rotatable bonds is 24. The molecule has 4 fully saturated rings. The van der Waals surface area contributed by atoms with Crippen LogP contribution in [-0.2, 0) is 33.3 Å². The van der Waals surface area contributed by atoms with Gasteiger partial charge >= 0.3 is 166 Å². The van der Waals surface area contributed by atoms with Crippen LogP contribution in [0.15, 0.2) is 0 Å². The Hall–Kier alpha value is 2.09. The van der Waals surface area contributed by atoms with Gasteiger partial charge in [-0.15, -0.1) is 0 Å². The Morgan fingerprint density at radius 2 is 1.21 bits per heavy atom. The van der Waals surface area contributed by atoms with E-state index in [4.69, 9.17) is 0 Å². The van der Waals surface area contributed by atoms with Crippen molar-refractivity contribution in [3.05, 3.63) is 0 Å². The van der Waals surface area contributed by atoms with Crippen LogP contribution in [0.3, 0.4) is 0 Å². The minimum absolute atomic E-state index is 0. The van der Waals surface area contributed by atoms with E-state index in [0.29, 0.717) is 38.5 Å². The normalized spacial score (nSPS) is 29.6. The predicted octanol–water partition coefficient (Wildman–Crippen LogP) is -17.2. The molecule has 0 aromatic carbocycles. The maximum atomic E-state index is 13.5. The Balaban J connectivity index is 0. The zero-order chi connectivity index (χ0) is 46.3. The number of aliphatic carboxylic acids is 5. The van der Waals surface area contributed by atoms with Gasteiger partial charge in [0, 0.05) is 70.8 Å². The summed E-state index contributed by atoms with van der Waals surface area (Å²) in [7, 11) is -5.13. The molecule has 4 rings (SSSR count). The summed E-state index contributed by atoms with van der Waals surface area (Å²) in [5.74, 6) is -9.76. The van der Waals surface area contributed by atoms with Crippen LogP contribution in [-0.4, -0.2) is 147 Å². The van der Waals surface area contributed by atoms with Crippen LogP contribution in [0.5, 0.6) is 0 Å². The molecule has 12 atom stereocenters. The van der Waals surface area contributed by atoms with E-state index in [1.165, 1.54) is 0 Å². The van der Waals surface area contributed by atoms with E-state index in [9.17, 15) is 78.9 Å². The molecule has 4 aliphatic carbocycles. The van der Waals surface area contributed by atoms with Crippen LogP contribution in [0.25, 0.3) is 0 Å². The zero-order valence-electron chi connectivity index (χ0n) is 40.2. The van der Waals surface area contributed by atoms with Crippen molar-refractivity contribution in [3.63, 3.8) is 0 Å². The third-order valence-electron chi connectivity index (χ3n) is 15.2. The number of nitrogens with zero attached hydrogens (tertiary/aromatic N) is 3. The van der Waals surface area contributed by atoms with E-state index in [2.05, 4.69) is 19.2 Å². The standard InChI is InChI=1S/C41H69N4O16P.Gd.4Na/c1-24(7-10-34(49)50)27-5-4-6-28-39-29(19-31(47)41(27,28)3)40(2)12-11-26(17-25(40)18-30(39)46)42-32(48)8-9-33(62(59,60)61)45(15-13-43(20-35(51)52)21-36(53)54)16-14-44(22-37(55)56)23-38(57)58;;;;;/h24-31,33,39,46-47H,4-23H2,1-3H3,(H,42,48)(H,49,50)(H,51,52)(H,53,54)(H,55,56)(H,57,58)(H2,59,60,61);;;;;/q;+3;4*+1/p-5/t24?,25-,26-,27?,28?,29?,30+,31-,33?,39?,40-,41+;;;;;/m0...../s1. The van der Waals surface area contributed by atoms with Crippen molar-refractivity contribution in [2.75, 3.05) is 52.4 Å². The largest absolute Gasteiger partial charge is 3.00 e. The summed E-state index contributed by atoms with van der Waals surface area (Å²) in [5.41, 5.74) is -0.743. The number of aliphatic hydroxyl groups is 2. The summed E-state index contributed by atoms with van der Waals surface area (Å²) in [4.78, 5) is 93.8. The van der Waals surface area contributed by atoms with E-state index in [1.807, 2.05) is 6.92 Å². The van der Waals surface area contributed by atoms with Gasteiger partial charge in [0.15, 0.2) is 0 Å². The fourth-order valence-corrected chi connectivity index (χ4v) is 13.4. The molecule has 0 aliphatic heterocycles. The molecule has 1 radical (unpaired) electrons. The van der Waals surface area contributed by atoms with E-state index in [0.717, 1.165) is 34.0 Å². The van der Waals surface area contributed by atoms with E-state index in [1.54, 1.807) is 0 Å². The molecule has 0 heterocycles. The molecule has 0 spiro atoms. The topological polar surface area (TPSA) is 337 Å². The minimum Gasteiger partial charge on any atom is -0.550 e. The van der Waals surface area contributed by atoms with E-state index in [-0.39, 0.29) is 212 Å². The number of carboxylic acid groups (broad SMARTS) is 5. The van der Waals surface area contributed by atoms with Gasteiger partial charge in [0.05, 0.1) is 36.1 Å². The number of hydrogen-bond acceptors (Lipinski definition) is 17. The number of hydrogen-bond donors (Lipinski definition) is 5. The quantitative estimate of drug-likeness (QED) is 0.0443. The summed E-state index contributed by atoms with van der Waals surface area (Å²) in [6.07, 6.45) is 3.71. The van der Waals surface area contributed by atoms with Gasteiger partial charge in [0.2, 0.25) is 5.91 Å². The predicted molar refractivity (Wildman–Crippen MR) is 207 cm³/mol. The Kier molecular flexibility index (Phi) is 33.8. The number of amides is 1. The summed E-state index contributed by atoms with van der Waals surface area (Å²) < 4.78 is 13.0. The molecule has 5 N–H and O–H groups in total. The molecule has 0 aromatic heterocycles. The molecular formula is C41H64GdN4Na4O16P+2. The van der Waals surface area contributed by atoms with Crippen molar-refractivity contribution < 1.29 is 237 Å². The molecule has 0 saturated heterocycles. The first-order valence-electron chi connectivity index (χ1n) is 21.7. The SMILES string of the molecule is CC(CCC(=O)[O-])C1CCCC2C3C(C[C@H](O)[C@]12C)[C@@]1(C)CC[C@H](NC(=O)CCC(N(CCN(CC(=O)[O-])CC(=O)[O-])CCN(CC(=O)[O-])CC(=O)[O-])P(=O)(O)O)C[C@H]1C[C@H]3O.[Gd+3].[Na+].[Na+].[Na+].[Na+]. The van der Waals surface area contributed by atoms with Crippen LogP contribution < -0.4 is 149 Å². The van der Waals surface area contributed by atoms with Crippen LogP contribution in [0.4, 0.5) is 0 Å². The Morgan fingerprint density at radius 3 is 1.67 bits per heavy atom. The molecule has 4 saturated carbocycles. The molecule has 0 bridgehead atoms. The molecule has 4 aliphatic rings. The molecule has 1 amide bonds. The average Bonchev–Trinajstić information content (AvgIpc) is 3.14. The molecule has 67 heavy (non-hydrogen) atoms. The first-order chi connectivity index (χ1) is 28.9. The fraction of sp³-hybridized carbons (Fsp3) is 0.854. The second-order valence-electron chi connectivity index (χ2n) is 18.9. The summed E-state index contributed by atoms with van der Waals surface area (Å²) in [5, 5.41) is 83.3. The van der Waals surface area contributed by atoms with Gasteiger partial charge in [0.25, 0.3) is 0 Å². The van der Waals surface area contributed by atoms with Crippen molar-refractivity contribution in [2.45, 2.75) is 122 Å². The Morgan fingerprint density at radius 1 is 0.701 bits per heavy atom. The van der Waals surface area contributed by atoms with Crippen molar-refractivity contribution in [2.24, 2.45) is 46.3 Å². The van der Waals surface area contributed by atoms with Gasteiger partial charge in [-0.3, -0.25) is 24.1 Å². The smallest absolute Gasteiger partial charge is 0.550 e. The minimum atomic E-state index is -5.13. The first-order valence-corrected chi connectivity index (χ1v) is 23.4. The van der Waals surface area contributed by atoms with Gasteiger partial charge in [-0.1, -0.05) is 27.2 Å². The summed E-state index contributed by atoms with van der Waals surface area (Å²) in [6.45, 7) is 1.28. The number of aliphatic hydroxyl groups excluding tert-OH is 2. The zero-order valence-corrected chi connectivity index (χ0v) is 51.4. The van der Waals surface area contributed by atoms with Crippen LogP contribution in [0, 0.1) is 86.3 Å². The monoisotopic (exact) mass is 1150 g/mol. The second kappa shape index (κ2) is 31.9. The fourth-order valence-electron chi connectivity index (χ4n) is 12.3. The van der Waals surface area contributed by atoms with Gasteiger partial charge in [-0.2, -0.15) is 0 Å². The second-order valence-corrected chi connectivity index (χ2v) is 20.7. The van der Waals surface area contributed by atoms with Gasteiger partial charge < -0.3 is 74.8 Å². The van der Waals surface area contributed by atoms with Crippen LogP contribution >= 0.6 is 7.60 Å². The number of carboxylic acids is 5. The Bertz CT molecular complexity index is 1620. The third kappa shape index (κ3) is 20.0. The number of fused-ring (bicyclic) bond motifs is 5. The van der Waals surface area contributed by atoms with E-state index < -0.39 is 132 Å². The van der Waals surface area contributed by atoms with Crippen molar-refractivity contribution >= 4 is 43.3 Å². The van der Waals surface area contributed by atoms with Gasteiger partial charge in [-0.25, -0.2) is 0 Å². The molecule has 0 aromatic rings. The number of carbonyl (C=O) groups is 6. The van der Waals surface area contributed by atoms with E-state index >= 15 is 0 Å². The number of nitrogens with one attached hydrogen (secondary N) is 1. The summed E-state index contributed by atoms with van der Waals surface area (Å²) >= 11 is 0. The van der Waals surface area contributed by atoms with Gasteiger partial charge in [0.1, 0.15) is 5.78 Å². The number of carbonyl (C=O) groups excluding carboxylic acids is 6. The van der Waals surface area contributed by atoms with Crippen LogP contribution in [0.2, 0.25) is 0 Å². The Labute approximate surface area is 514 Å². The molecule has 359 valence electrons. The maximum Gasteiger partial charge on any atom is 3.00 e. The van der Waals surface area contributed by atoms with Crippen molar-refractivity contribution in [1.82, 2.24) is 20.0 Å². The average molecular weight is 1150 g/mol. The third-order valence-corrected chi connectivity index (χ3v) is 16.6. The van der Waals surface area contributed by atoms with Gasteiger partial charge in [-0.05, 0) is 111 Å². The molecule has 20 nitrogen and oxygen atoms in total. The summed E-state index contributed by atoms with van der Waals surface area (Å²) in [6, 6.07) is -0.331. The van der Waals surface area contributed by atoms with Crippen molar-refractivity contribution in [1.29, 1.82) is 0 Å². The van der Waals surface area contributed by atoms with Crippen molar-refractivity contribution in [3.8, 4) is 0 Å². The molecular weight excluding hydrogens is 1080 g/mol. The molecule has 6 unspecified atom stereocenters. The first kappa shape index (κ1) is 71.2. The van der Waals surface area contributed by atoms with Crippen LogP contribution in [0.1, 0.15) is 97.8 Å². The maximum absolute atomic E-state index is 13.5.